The summed E-state index contributed by atoms with van der Waals surface area (Å²) in [6, 6.07) is 2.47. The minimum atomic E-state index is 0.154. The summed E-state index contributed by atoms with van der Waals surface area (Å²) in [5, 5.41) is 12.6. The summed E-state index contributed by atoms with van der Waals surface area (Å²) in [5.74, 6) is 0.532. The van der Waals surface area contributed by atoms with Crippen LogP contribution in [0.1, 0.15) is 72.7 Å². The van der Waals surface area contributed by atoms with Crippen LogP contribution < -0.4 is 0 Å². The molecule has 2 aromatic rings. The Kier molecular flexibility index (Phi) is 5.48. The molecule has 0 bridgehead atoms. The molecule has 0 spiro atoms. The summed E-state index contributed by atoms with van der Waals surface area (Å²) in [4.78, 5) is 12.8. The van der Waals surface area contributed by atoms with Gasteiger partial charge in [0.15, 0.2) is 5.78 Å². The molecule has 0 amide bonds. The van der Waals surface area contributed by atoms with Gasteiger partial charge in [0.25, 0.3) is 0 Å². The largest absolute Gasteiger partial charge is 0.348 e. The lowest BCUT2D eigenvalue weighted by atomic mass is 9.97. The second-order valence-corrected chi connectivity index (χ2v) is 8.59. The number of Topliss-reactive ketones (excluding diaryl/α,β-unsaturated/α-hetero) is 1. The van der Waals surface area contributed by atoms with Crippen molar-refractivity contribution in [3.05, 3.63) is 34.7 Å². The zero-order chi connectivity index (χ0) is 18.8. The molecule has 0 atom stereocenters. The lowest BCUT2D eigenvalue weighted by molar-refractivity contribution is 0.102. The van der Waals surface area contributed by atoms with E-state index in [0.29, 0.717) is 11.8 Å². The van der Waals surface area contributed by atoms with Crippen LogP contribution in [0.4, 0.5) is 0 Å². The topological polar surface area (TPSA) is 65.6 Å². The molecule has 0 radical (unpaired) electrons. The fourth-order valence-corrected chi connectivity index (χ4v) is 4.68. The number of carbonyl (C=O) groups is 1. The van der Waals surface area contributed by atoms with Crippen molar-refractivity contribution in [2.75, 3.05) is 5.75 Å². The van der Waals surface area contributed by atoms with Gasteiger partial charge in [-0.1, -0.05) is 23.4 Å². The molecular formula is C20H27N5OS. The zero-order valence-corrected chi connectivity index (χ0v) is 17.0. The molecule has 0 aromatic carbocycles. The second kappa shape index (κ2) is 8.00. The van der Waals surface area contributed by atoms with Gasteiger partial charge in [-0.25, -0.2) is 4.68 Å². The van der Waals surface area contributed by atoms with Crippen LogP contribution in [0.2, 0.25) is 0 Å². The van der Waals surface area contributed by atoms with Gasteiger partial charge in [0.05, 0.1) is 11.8 Å². The van der Waals surface area contributed by atoms with Gasteiger partial charge in [0.1, 0.15) is 0 Å². The van der Waals surface area contributed by atoms with Gasteiger partial charge in [-0.2, -0.15) is 0 Å². The number of ketones is 1. The Morgan fingerprint density at radius 2 is 2.15 bits per heavy atom. The van der Waals surface area contributed by atoms with Gasteiger partial charge in [0.2, 0.25) is 5.16 Å². The molecule has 0 aliphatic heterocycles. The highest BCUT2D eigenvalue weighted by Gasteiger charge is 2.28. The maximum absolute atomic E-state index is 12.8. The molecule has 1 saturated carbocycles. The number of nitrogens with zero attached hydrogens (tertiary/aromatic N) is 5. The van der Waals surface area contributed by atoms with Crippen LogP contribution in [0.15, 0.2) is 22.9 Å². The van der Waals surface area contributed by atoms with E-state index in [2.05, 4.69) is 40.0 Å². The van der Waals surface area contributed by atoms with Gasteiger partial charge in [-0.3, -0.25) is 4.79 Å². The van der Waals surface area contributed by atoms with Crippen molar-refractivity contribution in [1.29, 1.82) is 0 Å². The summed E-state index contributed by atoms with van der Waals surface area (Å²) in [7, 11) is 0. The number of carbonyl (C=O) groups excluding carboxylic acids is 1. The SMILES string of the molecule is Cc1cc(C(=O)CSc2nnnn2C2CC2)c(C)n1CCC1=CCCCC1. The molecule has 6 nitrogen and oxygen atoms in total. The normalized spacial score (nSPS) is 17.2. The average Bonchev–Trinajstić information content (AvgIpc) is 3.35. The molecule has 0 N–H and O–H groups in total. The smallest absolute Gasteiger partial charge is 0.210 e. The Labute approximate surface area is 164 Å². The fourth-order valence-electron chi connectivity index (χ4n) is 3.85. The summed E-state index contributed by atoms with van der Waals surface area (Å²) in [5.41, 5.74) is 4.66. The van der Waals surface area contributed by atoms with Crippen LogP contribution in [0.3, 0.4) is 0 Å². The number of aryl methyl sites for hydroxylation is 1. The Morgan fingerprint density at radius 3 is 2.89 bits per heavy atom. The quantitative estimate of drug-likeness (QED) is 0.385. The molecule has 2 aliphatic carbocycles. The van der Waals surface area contributed by atoms with Crippen molar-refractivity contribution < 1.29 is 4.79 Å². The highest BCUT2D eigenvalue weighted by Crippen LogP contribution is 2.36. The highest BCUT2D eigenvalue weighted by molar-refractivity contribution is 7.99. The highest BCUT2D eigenvalue weighted by atomic mass is 32.2. The van der Waals surface area contributed by atoms with Crippen LogP contribution in [-0.2, 0) is 6.54 Å². The number of tetrazole rings is 1. The van der Waals surface area contributed by atoms with Gasteiger partial charge >= 0.3 is 0 Å². The standard InChI is InChI=1S/C20H27N5OS/c1-14-12-18(15(2)24(14)11-10-16-6-4-3-5-7-16)19(26)13-27-20-21-22-23-25(20)17-8-9-17/h6,12,17H,3-5,7-11,13H2,1-2H3. The first-order chi connectivity index (χ1) is 13.1. The molecule has 144 valence electrons. The monoisotopic (exact) mass is 385 g/mol. The summed E-state index contributed by atoms with van der Waals surface area (Å²) in [6.07, 6.45) is 10.9. The third-order valence-electron chi connectivity index (χ3n) is 5.60. The van der Waals surface area contributed by atoms with E-state index in [1.807, 2.05) is 10.7 Å². The van der Waals surface area contributed by atoms with Crippen LogP contribution in [0, 0.1) is 13.8 Å². The third kappa shape index (κ3) is 4.18. The van der Waals surface area contributed by atoms with Crippen LogP contribution in [-0.4, -0.2) is 36.3 Å². The Morgan fingerprint density at radius 1 is 1.30 bits per heavy atom. The Hall–Kier alpha value is -1.89. The van der Waals surface area contributed by atoms with Crippen molar-refractivity contribution in [3.63, 3.8) is 0 Å². The van der Waals surface area contributed by atoms with Crippen LogP contribution in [0.25, 0.3) is 0 Å². The van der Waals surface area contributed by atoms with Crippen molar-refractivity contribution in [3.8, 4) is 0 Å². The van der Waals surface area contributed by atoms with Gasteiger partial charge in [0, 0.05) is 23.5 Å². The van der Waals surface area contributed by atoms with Gasteiger partial charge in [-0.05, 0) is 75.3 Å². The molecule has 0 saturated heterocycles. The molecule has 4 rings (SSSR count). The third-order valence-corrected chi connectivity index (χ3v) is 6.54. The van der Waals surface area contributed by atoms with E-state index in [1.54, 1.807) is 5.57 Å². The van der Waals surface area contributed by atoms with Crippen LogP contribution >= 0.6 is 11.8 Å². The maximum Gasteiger partial charge on any atom is 0.210 e. The molecular weight excluding hydrogens is 358 g/mol. The first kappa shape index (κ1) is 18.5. The fraction of sp³-hybridized carbons (Fsp3) is 0.600. The van der Waals surface area contributed by atoms with Crippen molar-refractivity contribution in [2.24, 2.45) is 0 Å². The molecule has 2 heterocycles. The Bertz CT molecular complexity index is 862. The summed E-state index contributed by atoms with van der Waals surface area (Å²) in [6.45, 7) is 5.12. The van der Waals surface area contributed by atoms with Crippen LogP contribution in [0.5, 0.6) is 0 Å². The lowest BCUT2D eigenvalue weighted by Crippen LogP contribution is -2.08. The predicted octanol–water partition coefficient (Wildman–Crippen LogP) is 4.29. The van der Waals surface area contributed by atoms with Crippen molar-refractivity contribution in [1.82, 2.24) is 24.8 Å². The molecule has 7 heteroatoms. The Balaban J connectivity index is 1.39. The summed E-state index contributed by atoms with van der Waals surface area (Å²) < 4.78 is 4.15. The number of aromatic nitrogens is 5. The molecule has 2 aliphatic rings. The van der Waals surface area contributed by atoms with E-state index in [4.69, 9.17) is 0 Å². The average molecular weight is 386 g/mol. The molecule has 1 fully saturated rings. The number of hydrogen-bond donors (Lipinski definition) is 0. The number of rotatable bonds is 8. The first-order valence-corrected chi connectivity index (χ1v) is 10.9. The first-order valence-electron chi connectivity index (χ1n) is 9.92. The van der Waals surface area contributed by atoms with Gasteiger partial charge < -0.3 is 4.57 Å². The number of hydrogen-bond acceptors (Lipinski definition) is 5. The maximum atomic E-state index is 12.8. The van der Waals surface area contributed by atoms with Gasteiger partial charge in [-0.15, -0.1) is 5.10 Å². The minimum Gasteiger partial charge on any atom is -0.348 e. The molecule has 27 heavy (non-hydrogen) atoms. The predicted molar refractivity (Wildman–Crippen MR) is 106 cm³/mol. The van der Waals surface area contributed by atoms with Crippen molar-refractivity contribution in [2.45, 2.75) is 76.5 Å². The number of allylic oxidation sites excluding steroid dienone is 2. The van der Waals surface area contributed by atoms with E-state index < -0.39 is 0 Å². The van der Waals surface area contributed by atoms with E-state index in [-0.39, 0.29) is 5.78 Å². The zero-order valence-electron chi connectivity index (χ0n) is 16.1. The van der Waals surface area contributed by atoms with Crippen molar-refractivity contribution >= 4 is 17.5 Å². The lowest BCUT2D eigenvalue weighted by Gasteiger charge is -2.15. The molecule has 2 aromatic heterocycles. The molecule has 0 unspecified atom stereocenters. The van der Waals surface area contributed by atoms with E-state index in [1.165, 1.54) is 43.1 Å². The number of thioether (sulfide) groups is 1. The second-order valence-electron chi connectivity index (χ2n) is 7.64. The van der Waals surface area contributed by atoms with E-state index in [0.717, 1.165) is 42.2 Å². The minimum absolute atomic E-state index is 0.154. The summed E-state index contributed by atoms with van der Waals surface area (Å²) >= 11 is 1.44. The van der Waals surface area contributed by atoms with E-state index in [9.17, 15) is 4.79 Å². The van der Waals surface area contributed by atoms with E-state index >= 15 is 0 Å².